The molecule has 0 saturated carbocycles. The van der Waals surface area contributed by atoms with Gasteiger partial charge in [-0.3, -0.25) is 9.59 Å². The van der Waals surface area contributed by atoms with E-state index in [9.17, 15) is 19.2 Å². The summed E-state index contributed by atoms with van der Waals surface area (Å²) >= 11 is 0. The number of benzene rings is 1. The van der Waals surface area contributed by atoms with Crippen molar-refractivity contribution < 1.29 is 28.7 Å². The highest BCUT2D eigenvalue weighted by molar-refractivity contribution is 6.01. The molecule has 0 bridgehead atoms. The summed E-state index contributed by atoms with van der Waals surface area (Å²) in [6, 6.07) is 6.29. The average molecular weight is 386 g/mol. The van der Waals surface area contributed by atoms with Crippen LogP contribution in [-0.2, 0) is 14.3 Å². The van der Waals surface area contributed by atoms with Gasteiger partial charge in [0.25, 0.3) is 0 Å². The summed E-state index contributed by atoms with van der Waals surface area (Å²) in [4.78, 5) is 50.4. The molecular weight excluding hydrogens is 364 g/mol. The molecular formula is C20H22N2O6. The van der Waals surface area contributed by atoms with Crippen molar-refractivity contribution in [3.05, 3.63) is 52.3 Å². The predicted molar refractivity (Wildman–Crippen MR) is 102 cm³/mol. The van der Waals surface area contributed by atoms with Gasteiger partial charge in [-0.05, 0) is 43.7 Å². The van der Waals surface area contributed by atoms with Crippen molar-refractivity contribution in [3.8, 4) is 0 Å². The minimum Gasteiger partial charge on any atom is -0.465 e. The first kappa shape index (κ1) is 20.9. The highest BCUT2D eigenvalue weighted by Crippen LogP contribution is 2.20. The van der Waals surface area contributed by atoms with Crippen molar-refractivity contribution in [1.82, 2.24) is 4.98 Å². The van der Waals surface area contributed by atoms with Crippen LogP contribution in [0.2, 0.25) is 0 Å². The number of ketones is 1. The van der Waals surface area contributed by atoms with E-state index >= 15 is 0 Å². The smallest absolute Gasteiger partial charge is 0.355 e. The number of methoxy groups -OCH3 is 1. The Bertz CT molecular complexity index is 912. The fraction of sp³-hybridized carbons (Fsp3) is 0.300. The molecule has 0 aliphatic heterocycles. The SMILES string of the molecule is CCC(=O)Nc1ccc(C(=O)COC(=O)c2[nH]c(C)c(C(=O)OC)c2C)cc1. The highest BCUT2D eigenvalue weighted by atomic mass is 16.5. The van der Waals surface area contributed by atoms with Crippen LogP contribution in [0.3, 0.4) is 0 Å². The molecule has 0 aliphatic rings. The van der Waals surface area contributed by atoms with Crippen molar-refractivity contribution >= 4 is 29.3 Å². The fourth-order valence-electron chi connectivity index (χ4n) is 2.64. The zero-order valence-corrected chi connectivity index (χ0v) is 16.2. The topological polar surface area (TPSA) is 115 Å². The van der Waals surface area contributed by atoms with Crippen LogP contribution in [0, 0.1) is 13.8 Å². The Morgan fingerprint density at radius 1 is 1.04 bits per heavy atom. The Balaban J connectivity index is 2.02. The normalized spacial score (nSPS) is 10.3. The van der Waals surface area contributed by atoms with Crippen LogP contribution in [0.5, 0.6) is 0 Å². The molecule has 2 aromatic rings. The molecule has 2 rings (SSSR count). The number of esters is 2. The second-order valence-electron chi connectivity index (χ2n) is 6.09. The van der Waals surface area contributed by atoms with Crippen molar-refractivity contribution in [2.75, 3.05) is 19.0 Å². The second kappa shape index (κ2) is 8.98. The summed E-state index contributed by atoms with van der Waals surface area (Å²) in [7, 11) is 1.25. The molecule has 148 valence electrons. The molecule has 8 heteroatoms. The molecule has 0 aliphatic carbocycles. The number of nitrogens with one attached hydrogen (secondary N) is 2. The van der Waals surface area contributed by atoms with Crippen molar-refractivity contribution in [2.45, 2.75) is 27.2 Å². The lowest BCUT2D eigenvalue weighted by atomic mass is 10.1. The number of hydrogen-bond acceptors (Lipinski definition) is 6. The maximum atomic E-state index is 12.3. The molecule has 0 atom stereocenters. The number of aromatic nitrogens is 1. The van der Waals surface area contributed by atoms with Crippen LogP contribution in [0.1, 0.15) is 55.8 Å². The van der Waals surface area contributed by atoms with Gasteiger partial charge in [0.2, 0.25) is 5.91 Å². The van der Waals surface area contributed by atoms with Gasteiger partial charge in [0, 0.05) is 23.4 Å². The van der Waals surface area contributed by atoms with E-state index in [1.165, 1.54) is 7.11 Å². The van der Waals surface area contributed by atoms with Gasteiger partial charge >= 0.3 is 11.9 Å². The Kier molecular flexibility index (Phi) is 6.70. The summed E-state index contributed by atoms with van der Waals surface area (Å²) in [5, 5.41) is 2.68. The number of H-pyrrole nitrogens is 1. The number of rotatable bonds is 7. The molecule has 0 spiro atoms. The van der Waals surface area contributed by atoms with Crippen LogP contribution >= 0.6 is 0 Å². The van der Waals surface area contributed by atoms with Crippen LogP contribution in [0.4, 0.5) is 5.69 Å². The zero-order valence-electron chi connectivity index (χ0n) is 16.2. The number of amides is 1. The maximum Gasteiger partial charge on any atom is 0.355 e. The van der Waals surface area contributed by atoms with E-state index in [-0.39, 0.29) is 17.2 Å². The lowest BCUT2D eigenvalue weighted by Gasteiger charge is -2.06. The molecule has 0 radical (unpaired) electrons. The number of Topliss-reactive ketones (excluding diaryl/α,β-unsaturated/α-hetero) is 1. The summed E-state index contributed by atoms with van der Waals surface area (Å²) in [6.07, 6.45) is 0.353. The molecule has 2 N–H and O–H groups in total. The maximum absolute atomic E-state index is 12.3. The minimum atomic E-state index is -0.740. The van der Waals surface area contributed by atoms with E-state index in [1.54, 1.807) is 45.0 Å². The van der Waals surface area contributed by atoms with Crippen LogP contribution < -0.4 is 5.32 Å². The summed E-state index contributed by atoms with van der Waals surface area (Å²) in [6.45, 7) is 4.52. The highest BCUT2D eigenvalue weighted by Gasteiger charge is 2.24. The van der Waals surface area contributed by atoms with Gasteiger partial charge in [-0.25, -0.2) is 9.59 Å². The first-order chi connectivity index (χ1) is 13.3. The van der Waals surface area contributed by atoms with Crippen LogP contribution in [0.25, 0.3) is 0 Å². The first-order valence-electron chi connectivity index (χ1n) is 8.66. The van der Waals surface area contributed by atoms with E-state index in [2.05, 4.69) is 10.3 Å². The first-order valence-corrected chi connectivity index (χ1v) is 8.66. The number of hydrogen-bond donors (Lipinski definition) is 2. The van der Waals surface area contributed by atoms with Crippen molar-refractivity contribution in [1.29, 1.82) is 0 Å². The largest absolute Gasteiger partial charge is 0.465 e. The number of anilines is 1. The summed E-state index contributed by atoms with van der Waals surface area (Å²) in [5.74, 6) is -1.82. The zero-order chi connectivity index (χ0) is 20.8. The summed E-state index contributed by atoms with van der Waals surface area (Å²) in [5.41, 5.74) is 2.17. The van der Waals surface area contributed by atoms with Gasteiger partial charge in [0.1, 0.15) is 5.69 Å². The quantitative estimate of drug-likeness (QED) is 0.559. The molecule has 1 amide bonds. The lowest BCUT2D eigenvalue weighted by molar-refractivity contribution is -0.115. The Morgan fingerprint density at radius 3 is 2.25 bits per heavy atom. The van der Waals surface area contributed by atoms with E-state index in [1.807, 2.05) is 0 Å². The molecule has 1 aromatic carbocycles. The third kappa shape index (κ3) is 4.64. The molecule has 0 saturated heterocycles. The number of carbonyl (C=O) groups is 4. The summed E-state index contributed by atoms with van der Waals surface area (Å²) < 4.78 is 9.77. The third-order valence-corrected chi connectivity index (χ3v) is 4.18. The number of ether oxygens (including phenoxy) is 2. The number of aryl methyl sites for hydroxylation is 1. The Labute approximate surface area is 162 Å². The van der Waals surface area contributed by atoms with Crippen molar-refractivity contribution in [2.24, 2.45) is 0 Å². The van der Waals surface area contributed by atoms with Gasteiger partial charge in [-0.2, -0.15) is 0 Å². The molecule has 28 heavy (non-hydrogen) atoms. The molecule has 8 nitrogen and oxygen atoms in total. The third-order valence-electron chi connectivity index (χ3n) is 4.18. The predicted octanol–water partition coefficient (Wildman–Crippen LogP) is 2.81. The Hall–Kier alpha value is -3.42. The number of carbonyl (C=O) groups excluding carboxylic acids is 4. The van der Waals surface area contributed by atoms with Gasteiger partial charge < -0.3 is 19.8 Å². The fourth-order valence-corrected chi connectivity index (χ4v) is 2.64. The van der Waals surface area contributed by atoms with E-state index in [0.717, 1.165) is 0 Å². The van der Waals surface area contributed by atoms with Crippen LogP contribution in [-0.4, -0.2) is 42.3 Å². The van der Waals surface area contributed by atoms with Gasteiger partial charge in [-0.1, -0.05) is 6.92 Å². The van der Waals surface area contributed by atoms with E-state index < -0.39 is 24.3 Å². The lowest BCUT2D eigenvalue weighted by Crippen LogP contribution is -2.15. The minimum absolute atomic E-state index is 0.100. The Morgan fingerprint density at radius 2 is 1.68 bits per heavy atom. The second-order valence-corrected chi connectivity index (χ2v) is 6.09. The standard InChI is InChI=1S/C20H22N2O6/c1-5-16(24)22-14-8-6-13(7-9-14)15(23)10-28-20(26)18-11(2)17(12(3)21-18)19(25)27-4/h6-9,21H,5,10H2,1-4H3,(H,22,24). The molecule has 0 unspecified atom stereocenters. The monoisotopic (exact) mass is 386 g/mol. The average Bonchev–Trinajstić information content (AvgIpc) is 2.99. The number of aromatic amines is 1. The molecule has 1 heterocycles. The van der Waals surface area contributed by atoms with E-state index in [4.69, 9.17) is 9.47 Å². The van der Waals surface area contributed by atoms with E-state index in [0.29, 0.717) is 28.9 Å². The van der Waals surface area contributed by atoms with Gasteiger partial charge in [-0.15, -0.1) is 0 Å². The van der Waals surface area contributed by atoms with Gasteiger partial charge in [0.05, 0.1) is 12.7 Å². The van der Waals surface area contributed by atoms with Crippen molar-refractivity contribution in [3.63, 3.8) is 0 Å². The van der Waals surface area contributed by atoms with Crippen LogP contribution in [0.15, 0.2) is 24.3 Å². The van der Waals surface area contributed by atoms with Gasteiger partial charge in [0.15, 0.2) is 12.4 Å². The molecule has 1 aromatic heterocycles. The molecule has 0 fully saturated rings.